The van der Waals surface area contributed by atoms with E-state index in [1.54, 1.807) is 6.20 Å². The number of rotatable bonds is 6. The number of halogens is 2. The second-order valence-corrected chi connectivity index (χ2v) is 5.86. The first-order chi connectivity index (χ1) is 10.1. The summed E-state index contributed by atoms with van der Waals surface area (Å²) in [5.41, 5.74) is 3.22. The van der Waals surface area contributed by atoms with E-state index in [-0.39, 0.29) is 6.04 Å². The highest BCUT2D eigenvalue weighted by molar-refractivity contribution is 6.31. The molecule has 0 saturated carbocycles. The van der Waals surface area contributed by atoms with Crippen LogP contribution in [0.1, 0.15) is 43.1 Å². The summed E-state index contributed by atoms with van der Waals surface area (Å²) in [5.74, 6) is 0. The zero-order valence-corrected chi connectivity index (χ0v) is 14.2. The summed E-state index contributed by atoms with van der Waals surface area (Å²) in [4.78, 5) is 0. The standard InChI is InChI=1S/C16H21Cl2N3/c1-4-9-21-16(14(18)10-20-21)15(19-5-2)12-7-6-8-13(17)11(12)3/h6-8,10,15,19H,4-5,9H2,1-3H3. The van der Waals surface area contributed by atoms with Crippen molar-refractivity contribution in [3.8, 4) is 0 Å². The van der Waals surface area contributed by atoms with Crippen LogP contribution in [0.5, 0.6) is 0 Å². The summed E-state index contributed by atoms with van der Waals surface area (Å²) in [6, 6.07) is 5.97. The molecule has 1 aromatic carbocycles. The van der Waals surface area contributed by atoms with E-state index in [0.717, 1.165) is 41.4 Å². The molecule has 0 amide bonds. The average molecular weight is 326 g/mol. The van der Waals surface area contributed by atoms with Crippen molar-refractivity contribution in [3.05, 3.63) is 51.3 Å². The number of nitrogens with one attached hydrogen (secondary N) is 1. The van der Waals surface area contributed by atoms with Gasteiger partial charge in [0.15, 0.2) is 0 Å². The normalized spacial score (nSPS) is 12.6. The molecule has 0 aliphatic rings. The van der Waals surface area contributed by atoms with E-state index in [4.69, 9.17) is 23.2 Å². The fourth-order valence-electron chi connectivity index (χ4n) is 2.54. The lowest BCUT2D eigenvalue weighted by atomic mass is 9.98. The van der Waals surface area contributed by atoms with Gasteiger partial charge in [0, 0.05) is 11.6 Å². The van der Waals surface area contributed by atoms with E-state index in [0.29, 0.717) is 5.02 Å². The Bertz CT molecular complexity index is 608. The third-order valence-corrected chi connectivity index (χ3v) is 4.27. The number of hydrogen-bond donors (Lipinski definition) is 1. The fraction of sp³-hybridized carbons (Fsp3) is 0.438. The Kier molecular flexibility index (Phi) is 5.68. The first-order valence-corrected chi connectivity index (χ1v) is 8.05. The number of hydrogen-bond acceptors (Lipinski definition) is 2. The molecular weight excluding hydrogens is 305 g/mol. The summed E-state index contributed by atoms with van der Waals surface area (Å²) in [7, 11) is 0. The third-order valence-electron chi connectivity index (χ3n) is 3.57. The van der Waals surface area contributed by atoms with Gasteiger partial charge in [-0.3, -0.25) is 4.68 Å². The molecule has 0 aliphatic carbocycles. The van der Waals surface area contributed by atoms with Crippen LogP contribution < -0.4 is 5.32 Å². The molecule has 1 N–H and O–H groups in total. The average Bonchev–Trinajstić information content (AvgIpc) is 2.81. The molecule has 1 atom stereocenters. The molecule has 0 fully saturated rings. The first kappa shape index (κ1) is 16.3. The Balaban J connectivity index is 2.53. The van der Waals surface area contributed by atoms with Crippen LogP contribution in [-0.4, -0.2) is 16.3 Å². The van der Waals surface area contributed by atoms with Crippen LogP contribution >= 0.6 is 23.2 Å². The zero-order chi connectivity index (χ0) is 15.4. The van der Waals surface area contributed by atoms with E-state index < -0.39 is 0 Å². The van der Waals surface area contributed by atoms with Gasteiger partial charge in [0.1, 0.15) is 0 Å². The number of aryl methyl sites for hydroxylation is 1. The molecular formula is C16H21Cl2N3. The van der Waals surface area contributed by atoms with E-state index >= 15 is 0 Å². The number of nitrogens with zero attached hydrogens (tertiary/aromatic N) is 2. The number of benzene rings is 1. The topological polar surface area (TPSA) is 29.9 Å². The maximum absolute atomic E-state index is 6.40. The quantitative estimate of drug-likeness (QED) is 0.840. The van der Waals surface area contributed by atoms with Crippen LogP contribution in [0.25, 0.3) is 0 Å². The second kappa shape index (κ2) is 7.30. The molecule has 0 bridgehead atoms. The van der Waals surface area contributed by atoms with Gasteiger partial charge in [-0.05, 0) is 37.1 Å². The Morgan fingerprint density at radius 2 is 2.00 bits per heavy atom. The van der Waals surface area contributed by atoms with Gasteiger partial charge in [-0.15, -0.1) is 0 Å². The summed E-state index contributed by atoms with van der Waals surface area (Å²) >= 11 is 12.7. The van der Waals surface area contributed by atoms with E-state index in [1.807, 2.05) is 23.7 Å². The minimum absolute atomic E-state index is 0.00440. The monoisotopic (exact) mass is 325 g/mol. The molecule has 5 heteroatoms. The summed E-state index contributed by atoms with van der Waals surface area (Å²) < 4.78 is 1.98. The van der Waals surface area contributed by atoms with Gasteiger partial charge < -0.3 is 5.32 Å². The van der Waals surface area contributed by atoms with Crippen LogP contribution in [0, 0.1) is 6.92 Å². The largest absolute Gasteiger partial charge is 0.305 e. The lowest BCUT2D eigenvalue weighted by Gasteiger charge is -2.22. The Morgan fingerprint density at radius 3 is 2.67 bits per heavy atom. The van der Waals surface area contributed by atoms with E-state index in [9.17, 15) is 0 Å². The van der Waals surface area contributed by atoms with Gasteiger partial charge in [0.05, 0.1) is 23.0 Å². The lowest BCUT2D eigenvalue weighted by molar-refractivity contribution is 0.519. The SMILES string of the molecule is CCCn1ncc(Cl)c1C(NCC)c1cccc(Cl)c1C. The smallest absolute Gasteiger partial charge is 0.0837 e. The lowest BCUT2D eigenvalue weighted by Crippen LogP contribution is -2.26. The second-order valence-electron chi connectivity index (χ2n) is 5.05. The highest BCUT2D eigenvalue weighted by Gasteiger charge is 2.23. The van der Waals surface area contributed by atoms with Crippen molar-refractivity contribution >= 4 is 23.2 Å². The third kappa shape index (κ3) is 3.42. The Labute approximate surface area is 136 Å². The van der Waals surface area contributed by atoms with Gasteiger partial charge >= 0.3 is 0 Å². The van der Waals surface area contributed by atoms with Crippen molar-refractivity contribution in [2.75, 3.05) is 6.54 Å². The van der Waals surface area contributed by atoms with Crippen molar-refractivity contribution in [2.24, 2.45) is 0 Å². The van der Waals surface area contributed by atoms with Crippen molar-refractivity contribution in [3.63, 3.8) is 0 Å². The Morgan fingerprint density at radius 1 is 1.24 bits per heavy atom. The molecule has 1 aromatic heterocycles. The highest BCUT2D eigenvalue weighted by Crippen LogP contribution is 2.32. The molecule has 0 saturated heterocycles. The van der Waals surface area contributed by atoms with Crippen molar-refractivity contribution in [2.45, 2.75) is 39.8 Å². The van der Waals surface area contributed by atoms with Crippen molar-refractivity contribution in [1.82, 2.24) is 15.1 Å². The van der Waals surface area contributed by atoms with Crippen molar-refractivity contribution < 1.29 is 0 Å². The maximum Gasteiger partial charge on any atom is 0.0837 e. The van der Waals surface area contributed by atoms with Gasteiger partial charge in [0.2, 0.25) is 0 Å². The molecule has 0 aliphatic heterocycles. The maximum atomic E-state index is 6.40. The summed E-state index contributed by atoms with van der Waals surface area (Å²) in [6.07, 6.45) is 2.73. The molecule has 2 aromatic rings. The van der Waals surface area contributed by atoms with Crippen LogP contribution in [0.2, 0.25) is 10.0 Å². The fourth-order valence-corrected chi connectivity index (χ4v) is 2.98. The molecule has 21 heavy (non-hydrogen) atoms. The van der Waals surface area contributed by atoms with Crippen LogP contribution in [0.3, 0.4) is 0 Å². The van der Waals surface area contributed by atoms with E-state index in [2.05, 4.69) is 30.3 Å². The van der Waals surface area contributed by atoms with Gasteiger partial charge in [-0.2, -0.15) is 5.10 Å². The zero-order valence-electron chi connectivity index (χ0n) is 12.7. The molecule has 2 rings (SSSR count). The summed E-state index contributed by atoms with van der Waals surface area (Å²) in [6.45, 7) is 7.94. The van der Waals surface area contributed by atoms with Crippen LogP contribution in [-0.2, 0) is 6.54 Å². The van der Waals surface area contributed by atoms with Crippen LogP contribution in [0.15, 0.2) is 24.4 Å². The molecule has 0 radical (unpaired) electrons. The molecule has 114 valence electrons. The van der Waals surface area contributed by atoms with Gasteiger partial charge in [0.25, 0.3) is 0 Å². The first-order valence-electron chi connectivity index (χ1n) is 7.29. The predicted molar refractivity (Wildman–Crippen MR) is 89.2 cm³/mol. The predicted octanol–water partition coefficient (Wildman–Crippen LogP) is 4.61. The van der Waals surface area contributed by atoms with E-state index in [1.165, 1.54) is 0 Å². The molecule has 3 nitrogen and oxygen atoms in total. The minimum atomic E-state index is -0.00440. The molecule has 1 unspecified atom stereocenters. The number of aromatic nitrogens is 2. The Hall–Kier alpha value is -1.03. The minimum Gasteiger partial charge on any atom is -0.305 e. The molecule has 0 spiro atoms. The van der Waals surface area contributed by atoms with Crippen LogP contribution in [0.4, 0.5) is 0 Å². The molecule has 1 heterocycles. The van der Waals surface area contributed by atoms with Gasteiger partial charge in [-0.1, -0.05) is 49.2 Å². The van der Waals surface area contributed by atoms with Gasteiger partial charge in [-0.25, -0.2) is 0 Å². The van der Waals surface area contributed by atoms with Crippen molar-refractivity contribution in [1.29, 1.82) is 0 Å². The summed E-state index contributed by atoms with van der Waals surface area (Å²) in [5, 5.41) is 9.36. The highest BCUT2D eigenvalue weighted by atomic mass is 35.5.